The minimum absolute atomic E-state index is 0.563. The monoisotopic (exact) mass is 223 g/mol. The third kappa shape index (κ3) is 3.06. The zero-order valence-electron chi connectivity index (χ0n) is 8.79. The van der Waals surface area contributed by atoms with Crippen molar-refractivity contribution >= 4 is 11.9 Å². The molecule has 0 aliphatic carbocycles. The summed E-state index contributed by atoms with van der Waals surface area (Å²) in [6.07, 6.45) is -0.962. The second kappa shape index (κ2) is 5.27. The maximum absolute atomic E-state index is 10.9. The molecule has 1 aromatic carbocycles. The summed E-state index contributed by atoms with van der Waals surface area (Å²) in [5.41, 5.74) is 6.03. The van der Waals surface area contributed by atoms with Crippen molar-refractivity contribution in [1.29, 1.82) is 0 Å². The number of rotatable bonds is 4. The fourth-order valence-corrected chi connectivity index (χ4v) is 1.30. The van der Waals surface area contributed by atoms with Crippen LogP contribution >= 0.6 is 0 Å². The predicted octanol–water partition coefficient (Wildman–Crippen LogP) is 0.703. The van der Waals surface area contributed by atoms with Crippen LogP contribution < -0.4 is 5.73 Å². The molecule has 0 heterocycles. The van der Waals surface area contributed by atoms with E-state index in [1.54, 1.807) is 30.3 Å². The Labute approximate surface area is 92.8 Å². The van der Waals surface area contributed by atoms with E-state index >= 15 is 0 Å². The molecule has 0 saturated heterocycles. The molecule has 0 aliphatic heterocycles. The van der Waals surface area contributed by atoms with Gasteiger partial charge in [0.2, 0.25) is 0 Å². The summed E-state index contributed by atoms with van der Waals surface area (Å²) in [5, 5.41) is 8.81. The van der Waals surface area contributed by atoms with E-state index in [1.807, 2.05) is 0 Å². The number of benzene rings is 1. The van der Waals surface area contributed by atoms with Crippen LogP contribution in [0.2, 0.25) is 0 Å². The lowest BCUT2D eigenvalue weighted by Crippen LogP contribution is -2.38. The van der Waals surface area contributed by atoms with Crippen LogP contribution in [0.5, 0.6) is 0 Å². The smallest absolute Gasteiger partial charge is 0.324 e. The van der Waals surface area contributed by atoms with Gasteiger partial charge < -0.3 is 15.6 Å². The van der Waals surface area contributed by atoms with Crippen molar-refractivity contribution in [3.8, 4) is 0 Å². The Kier molecular flexibility index (Phi) is 4.02. The quantitative estimate of drug-likeness (QED) is 0.733. The summed E-state index contributed by atoms with van der Waals surface area (Å²) < 4.78 is 4.91. The molecular weight excluding hydrogens is 210 g/mol. The van der Waals surface area contributed by atoms with E-state index in [4.69, 9.17) is 15.6 Å². The number of carbonyl (C=O) groups is 2. The predicted molar refractivity (Wildman–Crippen MR) is 56.6 cm³/mol. The summed E-state index contributed by atoms with van der Waals surface area (Å²) in [6.45, 7) is 1.21. The normalized spacial score (nSPS) is 13.9. The number of carboxylic acids is 1. The first-order chi connectivity index (χ1) is 7.52. The number of nitrogens with two attached hydrogens (primary N) is 1. The van der Waals surface area contributed by atoms with Crippen molar-refractivity contribution in [1.82, 2.24) is 0 Å². The van der Waals surface area contributed by atoms with Gasteiger partial charge in [-0.05, 0) is 5.56 Å². The van der Waals surface area contributed by atoms with Crippen LogP contribution in [0.1, 0.15) is 18.6 Å². The van der Waals surface area contributed by atoms with Crippen LogP contribution in [0, 0.1) is 0 Å². The van der Waals surface area contributed by atoms with E-state index < -0.39 is 24.1 Å². The average molecular weight is 223 g/mol. The van der Waals surface area contributed by atoms with E-state index in [0.29, 0.717) is 5.56 Å². The lowest BCUT2D eigenvalue weighted by molar-refractivity contribution is -0.153. The summed E-state index contributed by atoms with van der Waals surface area (Å²) in [4.78, 5) is 21.7. The second-order valence-electron chi connectivity index (χ2n) is 3.30. The molecule has 0 spiro atoms. The molecule has 16 heavy (non-hydrogen) atoms. The Balaban J connectivity index is 2.96. The zero-order valence-corrected chi connectivity index (χ0v) is 8.79. The molecule has 5 heteroatoms. The van der Waals surface area contributed by atoms with E-state index in [9.17, 15) is 9.59 Å². The Bertz CT molecular complexity index is 377. The molecule has 0 fully saturated rings. The number of esters is 1. The van der Waals surface area contributed by atoms with E-state index in [-0.39, 0.29) is 0 Å². The fraction of sp³-hybridized carbons (Fsp3) is 0.273. The second-order valence-corrected chi connectivity index (χ2v) is 3.30. The molecule has 2 atom stereocenters. The lowest BCUT2D eigenvalue weighted by atomic mass is 10.0. The lowest BCUT2D eigenvalue weighted by Gasteiger charge is -2.20. The van der Waals surface area contributed by atoms with Crippen LogP contribution in [-0.4, -0.2) is 23.1 Å². The van der Waals surface area contributed by atoms with Crippen molar-refractivity contribution < 1.29 is 19.4 Å². The molecule has 1 rings (SSSR count). The molecule has 0 radical (unpaired) electrons. The number of ether oxygens (including phenoxy) is 1. The summed E-state index contributed by atoms with van der Waals surface area (Å²) in [5.74, 6) is -1.78. The van der Waals surface area contributed by atoms with Crippen LogP contribution in [0.15, 0.2) is 30.3 Å². The fourth-order valence-electron chi connectivity index (χ4n) is 1.30. The molecular formula is C11H13NO4. The van der Waals surface area contributed by atoms with Gasteiger partial charge in [0.05, 0.1) is 0 Å². The Hall–Kier alpha value is -1.88. The van der Waals surface area contributed by atoms with Gasteiger partial charge >= 0.3 is 11.9 Å². The highest BCUT2D eigenvalue weighted by atomic mass is 16.5. The van der Waals surface area contributed by atoms with Crippen molar-refractivity contribution in [2.75, 3.05) is 0 Å². The molecule has 0 amide bonds. The third-order valence-electron chi connectivity index (χ3n) is 2.03. The Morgan fingerprint density at radius 3 is 2.31 bits per heavy atom. The van der Waals surface area contributed by atoms with Crippen molar-refractivity contribution in [3.63, 3.8) is 0 Å². The maximum atomic E-state index is 10.9. The van der Waals surface area contributed by atoms with E-state index in [0.717, 1.165) is 0 Å². The van der Waals surface area contributed by atoms with Gasteiger partial charge in [0, 0.05) is 6.92 Å². The highest BCUT2D eigenvalue weighted by Crippen LogP contribution is 2.20. The maximum Gasteiger partial charge on any atom is 0.324 e. The third-order valence-corrected chi connectivity index (χ3v) is 2.03. The Morgan fingerprint density at radius 1 is 1.31 bits per heavy atom. The van der Waals surface area contributed by atoms with Gasteiger partial charge in [-0.3, -0.25) is 9.59 Å². The summed E-state index contributed by atoms with van der Waals surface area (Å²) in [7, 11) is 0. The van der Waals surface area contributed by atoms with Crippen LogP contribution in [0.3, 0.4) is 0 Å². The van der Waals surface area contributed by atoms with Gasteiger partial charge in [-0.15, -0.1) is 0 Å². The minimum atomic E-state index is -1.27. The first-order valence-electron chi connectivity index (χ1n) is 4.73. The Morgan fingerprint density at radius 2 is 1.88 bits per heavy atom. The molecule has 0 saturated carbocycles. The molecule has 2 unspecified atom stereocenters. The standard InChI is InChI=1S/C11H13NO4/c1-7(13)16-10(9(12)11(14)15)8-5-3-2-4-6-8/h2-6,9-10H,12H2,1H3,(H,14,15). The molecule has 1 aromatic rings. The topological polar surface area (TPSA) is 89.6 Å². The first kappa shape index (κ1) is 12.2. The molecule has 0 aliphatic rings. The average Bonchev–Trinajstić information content (AvgIpc) is 2.26. The number of aliphatic carboxylic acids is 1. The number of hydrogen-bond donors (Lipinski definition) is 2. The molecule has 3 N–H and O–H groups in total. The van der Waals surface area contributed by atoms with Crippen LogP contribution in [0.4, 0.5) is 0 Å². The van der Waals surface area contributed by atoms with Gasteiger partial charge in [-0.25, -0.2) is 0 Å². The number of carbonyl (C=O) groups excluding carboxylic acids is 1. The van der Waals surface area contributed by atoms with Crippen LogP contribution in [-0.2, 0) is 14.3 Å². The SMILES string of the molecule is CC(=O)OC(c1ccccc1)C(N)C(=O)O. The molecule has 0 bridgehead atoms. The largest absolute Gasteiger partial charge is 0.480 e. The van der Waals surface area contributed by atoms with Gasteiger partial charge in [-0.2, -0.15) is 0 Å². The van der Waals surface area contributed by atoms with E-state index in [2.05, 4.69) is 0 Å². The highest BCUT2D eigenvalue weighted by Gasteiger charge is 2.28. The van der Waals surface area contributed by atoms with Gasteiger partial charge in [0.15, 0.2) is 6.10 Å². The zero-order chi connectivity index (χ0) is 12.1. The highest BCUT2D eigenvalue weighted by molar-refractivity contribution is 5.75. The first-order valence-corrected chi connectivity index (χ1v) is 4.73. The van der Waals surface area contributed by atoms with Crippen LogP contribution in [0.25, 0.3) is 0 Å². The van der Waals surface area contributed by atoms with E-state index in [1.165, 1.54) is 6.92 Å². The molecule has 0 aromatic heterocycles. The summed E-state index contributed by atoms with van der Waals surface area (Å²) in [6, 6.07) is 7.28. The number of hydrogen-bond acceptors (Lipinski definition) is 4. The van der Waals surface area contributed by atoms with Crippen molar-refractivity contribution in [2.45, 2.75) is 19.1 Å². The van der Waals surface area contributed by atoms with Gasteiger partial charge in [-0.1, -0.05) is 30.3 Å². The van der Waals surface area contributed by atoms with Crippen molar-refractivity contribution in [3.05, 3.63) is 35.9 Å². The van der Waals surface area contributed by atoms with Gasteiger partial charge in [0.25, 0.3) is 0 Å². The van der Waals surface area contributed by atoms with Crippen molar-refractivity contribution in [2.24, 2.45) is 5.73 Å². The summed E-state index contributed by atoms with van der Waals surface area (Å²) >= 11 is 0. The number of carboxylic acid groups (broad SMARTS) is 1. The molecule has 86 valence electrons. The minimum Gasteiger partial charge on any atom is -0.480 e. The van der Waals surface area contributed by atoms with Gasteiger partial charge in [0.1, 0.15) is 6.04 Å². The molecule has 5 nitrogen and oxygen atoms in total.